The highest BCUT2D eigenvalue weighted by Gasteiger charge is 2.08. The van der Waals surface area contributed by atoms with Gasteiger partial charge >= 0.3 is 5.97 Å². The average molecular weight is 293 g/mol. The van der Waals surface area contributed by atoms with Crippen molar-refractivity contribution >= 4 is 23.4 Å². The lowest BCUT2D eigenvalue weighted by molar-refractivity contribution is 0.0697. The number of hydrogen-bond acceptors (Lipinski definition) is 4. The summed E-state index contributed by atoms with van der Waals surface area (Å²) in [6, 6.07) is 8.27. The molecule has 104 valence electrons. The number of ether oxygens (including phenoxy) is 1. The summed E-state index contributed by atoms with van der Waals surface area (Å²) in [6.07, 6.45) is 1.44. The van der Waals surface area contributed by atoms with Crippen LogP contribution in [0.5, 0.6) is 5.75 Å². The lowest BCUT2D eigenvalue weighted by Gasteiger charge is -2.11. The molecule has 0 unspecified atom stereocenters. The van der Waals surface area contributed by atoms with E-state index in [0.717, 1.165) is 5.56 Å². The van der Waals surface area contributed by atoms with Gasteiger partial charge in [0.25, 0.3) is 0 Å². The number of anilines is 1. The van der Waals surface area contributed by atoms with Gasteiger partial charge in [-0.3, -0.25) is 0 Å². The number of carboxylic acid groups (broad SMARTS) is 1. The van der Waals surface area contributed by atoms with E-state index in [1.54, 1.807) is 19.2 Å². The van der Waals surface area contributed by atoms with Gasteiger partial charge in [-0.1, -0.05) is 17.7 Å². The van der Waals surface area contributed by atoms with Gasteiger partial charge in [0.05, 0.1) is 12.7 Å². The number of hydrogen-bond donors (Lipinski definition) is 2. The largest absolute Gasteiger partial charge is 0.496 e. The number of methoxy groups -OCH3 is 1. The van der Waals surface area contributed by atoms with Crippen LogP contribution in [0.1, 0.15) is 15.9 Å². The molecule has 1 heterocycles. The monoisotopic (exact) mass is 292 g/mol. The molecule has 20 heavy (non-hydrogen) atoms. The predicted octanol–water partition coefficient (Wildman–Crippen LogP) is 3.05. The maximum atomic E-state index is 10.9. The fourth-order valence-corrected chi connectivity index (χ4v) is 1.97. The maximum absolute atomic E-state index is 10.9. The Morgan fingerprint density at radius 1 is 1.45 bits per heavy atom. The Hall–Kier alpha value is -2.27. The van der Waals surface area contributed by atoms with Gasteiger partial charge in [-0.05, 0) is 24.3 Å². The van der Waals surface area contributed by atoms with E-state index >= 15 is 0 Å². The molecule has 0 fully saturated rings. The molecule has 0 saturated carbocycles. The second kappa shape index (κ2) is 6.25. The molecule has 2 N–H and O–H groups in total. The molecule has 0 saturated heterocycles. The van der Waals surface area contributed by atoms with Crippen molar-refractivity contribution in [2.75, 3.05) is 12.4 Å². The van der Waals surface area contributed by atoms with Crippen LogP contribution in [0.2, 0.25) is 5.02 Å². The van der Waals surface area contributed by atoms with Crippen molar-refractivity contribution in [3.63, 3.8) is 0 Å². The molecule has 0 radical (unpaired) electrons. The summed E-state index contributed by atoms with van der Waals surface area (Å²) in [5.41, 5.74) is 0.966. The molecule has 0 atom stereocenters. The summed E-state index contributed by atoms with van der Waals surface area (Å²) in [7, 11) is 1.57. The van der Waals surface area contributed by atoms with Crippen LogP contribution in [-0.4, -0.2) is 23.2 Å². The summed E-state index contributed by atoms with van der Waals surface area (Å²) < 4.78 is 5.24. The normalized spacial score (nSPS) is 10.1. The highest BCUT2D eigenvalue weighted by atomic mass is 35.5. The first-order valence-electron chi connectivity index (χ1n) is 5.86. The molecule has 0 spiro atoms. The van der Waals surface area contributed by atoms with Crippen LogP contribution in [0, 0.1) is 0 Å². The van der Waals surface area contributed by atoms with E-state index in [1.807, 2.05) is 6.07 Å². The number of nitrogens with one attached hydrogen (secondary N) is 1. The highest BCUT2D eigenvalue weighted by Crippen LogP contribution is 2.26. The Morgan fingerprint density at radius 3 is 2.95 bits per heavy atom. The molecule has 2 aromatic rings. The molecule has 2 rings (SSSR count). The number of halogens is 1. The number of benzene rings is 1. The SMILES string of the molecule is COc1cccc(Cl)c1CNc1cc(C(=O)O)ccn1. The number of aromatic carboxylic acids is 1. The fourth-order valence-electron chi connectivity index (χ4n) is 1.74. The zero-order valence-electron chi connectivity index (χ0n) is 10.8. The van der Waals surface area contributed by atoms with Crippen LogP contribution >= 0.6 is 11.6 Å². The lowest BCUT2D eigenvalue weighted by atomic mass is 10.2. The number of aromatic nitrogens is 1. The van der Waals surface area contributed by atoms with Crippen LogP contribution in [0.25, 0.3) is 0 Å². The minimum Gasteiger partial charge on any atom is -0.496 e. The second-order valence-corrected chi connectivity index (χ2v) is 4.42. The molecule has 0 amide bonds. The van der Waals surface area contributed by atoms with Gasteiger partial charge in [0.2, 0.25) is 0 Å². The number of carboxylic acids is 1. The number of nitrogens with zero attached hydrogens (tertiary/aromatic N) is 1. The topological polar surface area (TPSA) is 71.5 Å². The zero-order chi connectivity index (χ0) is 14.5. The summed E-state index contributed by atoms with van der Waals surface area (Å²) in [5.74, 6) is 0.136. The van der Waals surface area contributed by atoms with Crippen molar-refractivity contribution in [2.24, 2.45) is 0 Å². The summed E-state index contributed by atoms with van der Waals surface area (Å²) in [4.78, 5) is 14.9. The summed E-state index contributed by atoms with van der Waals surface area (Å²) >= 11 is 6.12. The first kappa shape index (κ1) is 14.1. The van der Waals surface area contributed by atoms with Gasteiger partial charge in [0, 0.05) is 23.3 Å². The molecular weight excluding hydrogens is 280 g/mol. The van der Waals surface area contributed by atoms with Crippen molar-refractivity contribution in [1.29, 1.82) is 0 Å². The van der Waals surface area contributed by atoms with E-state index in [9.17, 15) is 4.79 Å². The molecule has 1 aromatic carbocycles. The van der Waals surface area contributed by atoms with Crippen molar-refractivity contribution in [3.8, 4) is 5.75 Å². The third-order valence-corrected chi connectivity index (χ3v) is 3.10. The highest BCUT2D eigenvalue weighted by molar-refractivity contribution is 6.31. The maximum Gasteiger partial charge on any atom is 0.335 e. The molecular formula is C14H13ClN2O3. The van der Waals surface area contributed by atoms with E-state index in [1.165, 1.54) is 18.3 Å². The Kier molecular flexibility index (Phi) is 4.42. The van der Waals surface area contributed by atoms with Crippen molar-refractivity contribution in [3.05, 3.63) is 52.7 Å². The van der Waals surface area contributed by atoms with Crippen LogP contribution < -0.4 is 10.1 Å². The second-order valence-electron chi connectivity index (χ2n) is 4.01. The number of rotatable bonds is 5. The minimum atomic E-state index is -0.995. The minimum absolute atomic E-state index is 0.175. The van der Waals surface area contributed by atoms with Gasteiger partial charge in [-0.15, -0.1) is 0 Å². The molecule has 6 heteroatoms. The quantitative estimate of drug-likeness (QED) is 0.886. The summed E-state index contributed by atoms with van der Waals surface area (Å²) in [6.45, 7) is 0.388. The third-order valence-electron chi connectivity index (χ3n) is 2.75. The van der Waals surface area contributed by atoms with E-state index in [2.05, 4.69) is 10.3 Å². The Morgan fingerprint density at radius 2 is 2.25 bits per heavy atom. The van der Waals surface area contributed by atoms with Gasteiger partial charge < -0.3 is 15.2 Å². The Bertz CT molecular complexity index is 632. The predicted molar refractivity (Wildman–Crippen MR) is 76.5 cm³/mol. The third kappa shape index (κ3) is 3.19. The molecule has 5 nitrogen and oxygen atoms in total. The van der Waals surface area contributed by atoms with Crippen LogP contribution in [0.15, 0.2) is 36.5 Å². The molecule has 1 aromatic heterocycles. The van der Waals surface area contributed by atoms with Gasteiger partial charge in [-0.2, -0.15) is 0 Å². The van der Waals surface area contributed by atoms with Crippen molar-refractivity contribution in [2.45, 2.75) is 6.54 Å². The standard InChI is InChI=1S/C14H13ClN2O3/c1-20-12-4-2-3-11(15)10(12)8-17-13-7-9(14(18)19)5-6-16-13/h2-7H,8H2,1H3,(H,16,17)(H,18,19). The number of pyridine rings is 1. The molecule has 0 aliphatic carbocycles. The zero-order valence-corrected chi connectivity index (χ0v) is 11.5. The van der Waals surface area contributed by atoms with E-state index in [-0.39, 0.29) is 5.56 Å². The van der Waals surface area contributed by atoms with E-state index in [0.29, 0.717) is 23.1 Å². The Balaban J connectivity index is 2.17. The molecule has 0 aliphatic rings. The fraction of sp³-hybridized carbons (Fsp3) is 0.143. The first-order chi connectivity index (χ1) is 9.61. The van der Waals surface area contributed by atoms with Crippen LogP contribution in [0.3, 0.4) is 0 Å². The summed E-state index contributed by atoms with van der Waals surface area (Å²) in [5, 5.41) is 12.5. The number of carbonyl (C=O) groups is 1. The van der Waals surface area contributed by atoms with Crippen LogP contribution in [-0.2, 0) is 6.54 Å². The van der Waals surface area contributed by atoms with Gasteiger partial charge in [-0.25, -0.2) is 9.78 Å². The molecule has 0 bridgehead atoms. The van der Waals surface area contributed by atoms with E-state index in [4.69, 9.17) is 21.4 Å². The average Bonchev–Trinajstić information content (AvgIpc) is 2.46. The van der Waals surface area contributed by atoms with Crippen molar-refractivity contribution in [1.82, 2.24) is 4.98 Å². The molecule has 0 aliphatic heterocycles. The lowest BCUT2D eigenvalue weighted by Crippen LogP contribution is -2.05. The van der Waals surface area contributed by atoms with E-state index < -0.39 is 5.97 Å². The van der Waals surface area contributed by atoms with Crippen molar-refractivity contribution < 1.29 is 14.6 Å². The van der Waals surface area contributed by atoms with Gasteiger partial charge in [0.1, 0.15) is 11.6 Å². The first-order valence-corrected chi connectivity index (χ1v) is 6.24. The van der Waals surface area contributed by atoms with Gasteiger partial charge in [0.15, 0.2) is 0 Å². The Labute approximate surface area is 121 Å². The smallest absolute Gasteiger partial charge is 0.335 e. The van der Waals surface area contributed by atoms with Crippen LogP contribution in [0.4, 0.5) is 5.82 Å².